The number of unbranched alkanes of at least 4 members (excludes halogenated alkanes) is 1. The van der Waals surface area contributed by atoms with Crippen molar-refractivity contribution >= 4 is 94.6 Å². The number of benzene rings is 1. The van der Waals surface area contributed by atoms with Gasteiger partial charge in [-0.15, -0.1) is 0 Å². The molecule has 14 amide bonds. The van der Waals surface area contributed by atoms with Crippen LogP contribution < -0.4 is 75.7 Å². The average Bonchev–Trinajstić information content (AvgIpc) is 1.65. The van der Waals surface area contributed by atoms with E-state index in [9.17, 15) is 72.9 Å². The topological polar surface area (TPSA) is 549 Å². The quantitative estimate of drug-likeness (QED) is 0.0282. The Hall–Kier alpha value is -9.84. The third kappa shape index (κ3) is 25.2. The lowest BCUT2D eigenvalue weighted by Crippen LogP contribution is -2.62. The first kappa shape index (κ1) is 84.1. The fraction of sp³-hybridized carbons (Fsp3) is 0.652. The van der Waals surface area contributed by atoms with Gasteiger partial charge in [-0.25, -0.2) is 0 Å². The maximum absolute atomic E-state index is 15.3. The molecule has 0 radical (unpaired) electrons. The molecule has 0 saturated carbocycles. The summed E-state index contributed by atoms with van der Waals surface area (Å²) >= 11 is 0. The van der Waals surface area contributed by atoms with Gasteiger partial charge < -0.3 is 106 Å². The maximum atomic E-state index is 15.3. The standard InChI is InChI=1S/C69H106N18O18/c1-37(2)31-45-61(98)77-42-19-9-10-20-44(76-57(94)41(22-13-27-73-69(71)72)75-53(90)35-74-56(93)46(34-54(91)92)80-63(100)50-23-14-28-85(50)67(104)48(82-58(42)95)33-40-17-7-6-8-18-40)60(97)84-55(39(5)89)65(102)78-43(21-11-12-26-70)59(96)83-49(36-88)62(99)81-47(32-38(3)4)66(103)87-30-16-25-52(87)68(105)86-29-15-24-51(86)64(101)79-45/h6-10,17-18,37-39,41-52,55,88-89H,11-16,19-36,70H2,1-5H3,(H,74,93)(H,75,90)(H,76,94)(H,77,98)(H,78,102)(H,79,101)(H,80,100)(H,81,99)(H,82,95)(H,83,96)(H,84,97)(H,91,92)(H4,71,72,73)/b10-9-/t39-,41?,42+,43+,44+,45+,46+,47?,48+,49+,50+,51+,52+,55+/m1/s1. The molecule has 3 saturated heterocycles. The van der Waals surface area contributed by atoms with Gasteiger partial charge in [-0.1, -0.05) is 70.2 Å². The largest absolute Gasteiger partial charge is 0.481 e. The molecule has 105 heavy (non-hydrogen) atoms. The number of aliphatic imine (C=N–C) groups is 1. The molecule has 5 aliphatic heterocycles. The second kappa shape index (κ2) is 41.0. The van der Waals surface area contributed by atoms with E-state index in [1.54, 1.807) is 58.0 Å². The average molecular weight is 1480 g/mol. The summed E-state index contributed by atoms with van der Waals surface area (Å²) < 4.78 is 0. The van der Waals surface area contributed by atoms with Gasteiger partial charge in [0, 0.05) is 32.6 Å². The molecule has 2 unspecified atom stereocenters. The number of carboxylic acids is 1. The Morgan fingerprint density at radius 2 is 0.981 bits per heavy atom. The van der Waals surface area contributed by atoms with Crippen LogP contribution in [0.1, 0.15) is 143 Å². The van der Waals surface area contributed by atoms with Crippen LogP contribution in [0.4, 0.5) is 0 Å². The van der Waals surface area contributed by atoms with E-state index in [4.69, 9.17) is 17.2 Å². The van der Waals surface area contributed by atoms with E-state index >= 15 is 14.4 Å². The van der Waals surface area contributed by atoms with Gasteiger partial charge in [-0.05, 0) is 127 Å². The minimum Gasteiger partial charge on any atom is -0.481 e. The van der Waals surface area contributed by atoms with E-state index in [0.717, 1.165) is 6.92 Å². The summed E-state index contributed by atoms with van der Waals surface area (Å²) in [5, 5.41) is 59.9. The molecule has 0 aliphatic carbocycles. The van der Waals surface area contributed by atoms with Crippen LogP contribution in [0.25, 0.3) is 0 Å². The zero-order valence-electron chi connectivity index (χ0n) is 60.2. The van der Waals surface area contributed by atoms with Crippen molar-refractivity contribution in [1.82, 2.24) is 73.2 Å². The lowest BCUT2D eigenvalue weighted by molar-refractivity contribution is -0.148. The van der Waals surface area contributed by atoms with Crippen LogP contribution in [0, 0.1) is 11.8 Å². The summed E-state index contributed by atoms with van der Waals surface area (Å²) in [6.45, 7) is 6.45. The molecular weight excluding hydrogens is 1370 g/mol. The SMILES string of the molecule is CC(C)CC1NC(=O)[C@H](CO)NC(=O)[C@H](CCCCN)NC(=O)[C@H]([C@@H](C)O)NC(=O)[C@@H]2C/C=C\C[C@H](NC(=O)[C@H](CC(C)C)NC(=O)[C@@H]3CCCN3C(=O)[C@@H]3CCCN3C1=O)C(=O)N[C@@H](Cc1ccccc1)C(=O)N1CCC[C@H]1C(=O)N[C@@H](CC(=O)O)C(=O)NCC(=O)NC(CCCN=C(N)N)C(=O)N2. The number of aliphatic carboxylic acids is 1. The Bertz CT molecular complexity index is 3330. The summed E-state index contributed by atoms with van der Waals surface area (Å²) in [6, 6.07) is -11.6. The third-order valence-electron chi connectivity index (χ3n) is 18.7. The Morgan fingerprint density at radius 3 is 1.54 bits per heavy atom. The number of nitrogens with two attached hydrogens (primary N) is 3. The van der Waals surface area contributed by atoms with E-state index in [2.05, 4.69) is 63.5 Å². The number of carbonyl (C=O) groups excluding carboxylic acids is 14. The highest BCUT2D eigenvalue weighted by Gasteiger charge is 2.46. The van der Waals surface area contributed by atoms with Gasteiger partial charge in [0.1, 0.15) is 78.5 Å². The first-order chi connectivity index (χ1) is 49.9. The van der Waals surface area contributed by atoms with Crippen molar-refractivity contribution in [2.75, 3.05) is 45.9 Å². The molecule has 36 nitrogen and oxygen atoms in total. The van der Waals surface area contributed by atoms with Gasteiger partial charge in [-0.3, -0.25) is 76.9 Å². The molecule has 36 heteroatoms. The Labute approximate surface area is 609 Å². The number of amides is 14. The minimum absolute atomic E-state index is 0.0138. The maximum Gasteiger partial charge on any atom is 0.305 e. The molecule has 2 bridgehead atoms. The second-order valence-electron chi connectivity index (χ2n) is 28.0. The molecule has 5 aliphatic rings. The fourth-order valence-corrected chi connectivity index (χ4v) is 13.3. The van der Waals surface area contributed by atoms with E-state index < -0.39 is 206 Å². The highest BCUT2D eigenvalue weighted by Crippen LogP contribution is 2.28. The van der Waals surface area contributed by atoms with E-state index in [-0.39, 0.29) is 121 Å². The van der Waals surface area contributed by atoms with Crippen LogP contribution in [0.5, 0.6) is 0 Å². The van der Waals surface area contributed by atoms with E-state index in [1.807, 2.05) is 0 Å². The van der Waals surface area contributed by atoms with Gasteiger partial charge in [-0.2, -0.15) is 0 Å². The predicted molar refractivity (Wildman–Crippen MR) is 378 cm³/mol. The number of hydrogen-bond donors (Lipinski definition) is 17. The number of aliphatic hydroxyl groups excluding tert-OH is 2. The van der Waals surface area contributed by atoms with E-state index in [0.29, 0.717) is 24.8 Å². The second-order valence-corrected chi connectivity index (χ2v) is 28.0. The smallest absolute Gasteiger partial charge is 0.305 e. The number of nitrogens with zero attached hydrogens (tertiary/aromatic N) is 4. The van der Waals surface area contributed by atoms with Crippen LogP contribution in [0.3, 0.4) is 0 Å². The zero-order chi connectivity index (χ0) is 77.2. The van der Waals surface area contributed by atoms with Crippen molar-refractivity contribution in [2.24, 2.45) is 34.0 Å². The van der Waals surface area contributed by atoms with Crippen molar-refractivity contribution in [3.05, 3.63) is 48.0 Å². The molecule has 580 valence electrons. The molecule has 1 aromatic rings. The number of hydrogen-bond acceptors (Lipinski definition) is 19. The normalized spacial score (nSPS) is 28.2. The molecule has 20 N–H and O–H groups in total. The lowest BCUT2D eigenvalue weighted by Gasteiger charge is -2.34. The van der Waals surface area contributed by atoms with Crippen molar-refractivity contribution in [2.45, 2.75) is 228 Å². The predicted octanol–water partition coefficient (Wildman–Crippen LogP) is -5.35. The monoisotopic (exact) mass is 1470 g/mol. The summed E-state index contributed by atoms with van der Waals surface area (Å²) in [4.78, 5) is 225. The summed E-state index contributed by atoms with van der Waals surface area (Å²) in [5.74, 6) is -15.7. The van der Waals surface area contributed by atoms with Gasteiger partial charge >= 0.3 is 5.97 Å². The van der Waals surface area contributed by atoms with Crippen LogP contribution in [0.2, 0.25) is 0 Å². The molecule has 6 rings (SSSR count). The Morgan fingerprint density at radius 1 is 0.514 bits per heavy atom. The van der Waals surface area contributed by atoms with Crippen molar-refractivity contribution < 1.29 is 87.2 Å². The number of carboxylic acid groups (broad SMARTS) is 1. The van der Waals surface area contributed by atoms with Gasteiger partial charge in [0.15, 0.2) is 5.96 Å². The summed E-state index contributed by atoms with van der Waals surface area (Å²) in [6.07, 6.45) is -0.00928. The molecule has 0 aromatic heterocycles. The van der Waals surface area contributed by atoms with Crippen molar-refractivity contribution in [3.8, 4) is 0 Å². The van der Waals surface area contributed by atoms with Crippen LogP contribution in [0.15, 0.2) is 47.5 Å². The lowest BCUT2D eigenvalue weighted by atomic mass is 10.0. The number of carbonyl (C=O) groups is 15. The van der Waals surface area contributed by atoms with Gasteiger partial charge in [0.2, 0.25) is 82.7 Å². The van der Waals surface area contributed by atoms with E-state index in [1.165, 1.54) is 26.9 Å². The number of fused-ring (bicyclic) bond motifs is 7. The fourth-order valence-electron chi connectivity index (χ4n) is 13.3. The molecule has 1 aromatic carbocycles. The van der Waals surface area contributed by atoms with Crippen LogP contribution in [-0.4, -0.2) is 255 Å². The first-order valence-electron chi connectivity index (χ1n) is 36.1. The number of guanidine groups is 1. The molecule has 14 atom stereocenters. The first-order valence-corrected chi connectivity index (χ1v) is 36.1. The molecule has 5 heterocycles. The van der Waals surface area contributed by atoms with Gasteiger partial charge in [0.05, 0.1) is 25.7 Å². The zero-order valence-corrected chi connectivity index (χ0v) is 60.2. The number of nitrogens with one attached hydrogen (secondary N) is 11. The highest BCUT2D eigenvalue weighted by molar-refractivity contribution is 6.01. The van der Waals surface area contributed by atoms with Gasteiger partial charge in [0.25, 0.3) is 0 Å². The van der Waals surface area contributed by atoms with Crippen LogP contribution >= 0.6 is 0 Å². The summed E-state index contributed by atoms with van der Waals surface area (Å²) in [5.41, 5.74) is 17.5. The Kier molecular flexibility index (Phi) is 32.8. The molecule has 0 spiro atoms. The number of aliphatic hydroxyl groups is 2. The Balaban J connectivity index is 1.52. The van der Waals surface area contributed by atoms with Crippen molar-refractivity contribution in [3.63, 3.8) is 0 Å². The molecule has 3 fully saturated rings. The molecular formula is C69H106N18O18. The van der Waals surface area contributed by atoms with Crippen molar-refractivity contribution in [1.29, 1.82) is 0 Å². The van der Waals surface area contributed by atoms with Crippen LogP contribution in [-0.2, 0) is 78.3 Å². The highest BCUT2D eigenvalue weighted by atomic mass is 16.4. The summed E-state index contributed by atoms with van der Waals surface area (Å²) in [7, 11) is 0. The minimum atomic E-state index is -1.95. The number of rotatable bonds is 18. The third-order valence-corrected chi connectivity index (χ3v) is 18.7.